The van der Waals surface area contributed by atoms with Gasteiger partial charge in [0.1, 0.15) is 18.1 Å². The molecule has 0 aliphatic rings. The van der Waals surface area contributed by atoms with Gasteiger partial charge in [-0.1, -0.05) is 6.07 Å². The van der Waals surface area contributed by atoms with Crippen LogP contribution in [0.4, 0.5) is 0 Å². The topological polar surface area (TPSA) is 60.0 Å². The van der Waals surface area contributed by atoms with Gasteiger partial charge in [0, 0.05) is 24.0 Å². The number of hydrogen-bond donors (Lipinski definition) is 1. The number of H-pyrrole nitrogens is 1. The zero-order valence-electron chi connectivity index (χ0n) is 12.8. The quantitative estimate of drug-likeness (QED) is 0.756. The van der Waals surface area contributed by atoms with Crippen molar-refractivity contribution in [3.63, 3.8) is 0 Å². The van der Waals surface area contributed by atoms with Crippen molar-refractivity contribution >= 4 is 12.2 Å². The highest BCUT2D eigenvalue weighted by atomic mass is 16.5. The first-order chi connectivity index (χ1) is 11.3. The molecule has 23 heavy (non-hydrogen) atoms. The summed E-state index contributed by atoms with van der Waals surface area (Å²) < 4.78 is 11.2. The molecular weight excluding hydrogens is 290 g/mol. The van der Waals surface area contributed by atoms with Gasteiger partial charge in [-0.2, -0.15) is 5.10 Å². The molecule has 0 amide bonds. The Labute approximate surface area is 134 Å². The lowest BCUT2D eigenvalue weighted by Gasteiger charge is -2.09. The number of benzene rings is 1. The number of rotatable bonds is 6. The smallest absolute Gasteiger partial charge is 0.130 e. The van der Waals surface area contributed by atoms with Crippen molar-refractivity contribution in [1.29, 1.82) is 0 Å². The average Bonchev–Trinajstić information content (AvgIpc) is 3.13. The van der Waals surface area contributed by atoms with Crippen molar-refractivity contribution in [3.8, 4) is 11.5 Å². The second kappa shape index (κ2) is 7.26. The van der Waals surface area contributed by atoms with Gasteiger partial charge >= 0.3 is 0 Å². The van der Waals surface area contributed by atoms with Gasteiger partial charge in [0.2, 0.25) is 0 Å². The van der Waals surface area contributed by atoms with Crippen LogP contribution in [-0.4, -0.2) is 22.3 Å². The summed E-state index contributed by atoms with van der Waals surface area (Å²) in [4.78, 5) is 4.24. The number of aromatic nitrogens is 3. The zero-order chi connectivity index (χ0) is 15.9. The minimum atomic E-state index is 0.424. The standard InChI is InChI=1S/C18H17N3O2/c1-22-18-12-17(23-13-16-4-2-3-10-19-16)8-6-14(18)5-7-15-9-11-20-21-15/h2-12H,13H2,1H3,(H,20,21)/b7-5+. The Morgan fingerprint density at radius 2 is 2.04 bits per heavy atom. The highest BCUT2D eigenvalue weighted by Gasteiger charge is 2.04. The van der Waals surface area contributed by atoms with E-state index in [2.05, 4.69) is 15.2 Å². The predicted molar refractivity (Wildman–Crippen MR) is 89.1 cm³/mol. The fraction of sp³-hybridized carbons (Fsp3) is 0.111. The third kappa shape index (κ3) is 3.97. The lowest BCUT2D eigenvalue weighted by molar-refractivity contribution is 0.299. The van der Waals surface area contributed by atoms with Gasteiger partial charge in [0.05, 0.1) is 18.5 Å². The van der Waals surface area contributed by atoms with E-state index in [1.807, 2.05) is 54.6 Å². The number of methoxy groups -OCH3 is 1. The molecule has 0 atom stereocenters. The Kier molecular flexibility index (Phi) is 4.69. The Balaban J connectivity index is 1.71. The van der Waals surface area contributed by atoms with E-state index in [1.165, 1.54) is 0 Å². The Morgan fingerprint density at radius 3 is 2.78 bits per heavy atom. The molecule has 5 heteroatoms. The number of ether oxygens (including phenoxy) is 2. The summed E-state index contributed by atoms with van der Waals surface area (Å²) >= 11 is 0. The van der Waals surface area contributed by atoms with E-state index in [9.17, 15) is 0 Å². The lowest BCUT2D eigenvalue weighted by Crippen LogP contribution is -1.98. The predicted octanol–water partition coefficient (Wildman–Crippen LogP) is 3.56. The van der Waals surface area contributed by atoms with Gasteiger partial charge < -0.3 is 9.47 Å². The molecule has 2 aromatic heterocycles. The van der Waals surface area contributed by atoms with E-state index in [4.69, 9.17) is 9.47 Å². The van der Waals surface area contributed by atoms with Crippen LogP contribution in [-0.2, 0) is 6.61 Å². The van der Waals surface area contributed by atoms with Crippen molar-refractivity contribution in [1.82, 2.24) is 15.2 Å². The van der Waals surface area contributed by atoms with Crippen LogP contribution >= 0.6 is 0 Å². The van der Waals surface area contributed by atoms with Crippen molar-refractivity contribution in [2.45, 2.75) is 6.61 Å². The number of hydrogen-bond acceptors (Lipinski definition) is 4. The molecule has 0 unspecified atom stereocenters. The van der Waals surface area contributed by atoms with Gasteiger partial charge in [0.15, 0.2) is 0 Å². The monoisotopic (exact) mass is 307 g/mol. The first kappa shape index (κ1) is 14.8. The highest BCUT2D eigenvalue weighted by molar-refractivity contribution is 5.71. The summed E-state index contributed by atoms with van der Waals surface area (Å²) in [6, 6.07) is 13.4. The maximum Gasteiger partial charge on any atom is 0.130 e. The summed E-state index contributed by atoms with van der Waals surface area (Å²) in [5, 5.41) is 6.80. The molecule has 116 valence electrons. The molecule has 0 aliphatic carbocycles. The second-order valence-electron chi connectivity index (χ2n) is 4.86. The molecule has 2 heterocycles. The number of aromatic amines is 1. The molecule has 5 nitrogen and oxygen atoms in total. The van der Waals surface area contributed by atoms with Crippen LogP contribution in [0.3, 0.4) is 0 Å². The summed E-state index contributed by atoms with van der Waals surface area (Å²) in [5.41, 5.74) is 2.78. The maximum absolute atomic E-state index is 5.76. The van der Waals surface area contributed by atoms with Crippen LogP contribution in [0.1, 0.15) is 17.0 Å². The highest BCUT2D eigenvalue weighted by Crippen LogP contribution is 2.26. The molecule has 3 rings (SSSR count). The molecule has 0 radical (unpaired) electrons. The fourth-order valence-electron chi connectivity index (χ4n) is 2.10. The Hall–Kier alpha value is -3.08. The van der Waals surface area contributed by atoms with Crippen LogP contribution in [0.5, 0.6) is 11.5 Å². The molecule has 0 saturated carbocycles. The summed E-state index contributed by atoms with van der Waals surface area (Å²) in [6.45, 7) is 0.424. The van der Waals surface area contributed by atoms with E-state index in [0.717, 1.165) is 28.5 Å². The van der Waals surface area contributed by atoms with Crippen molar-refractivity contribution in [2.24, 2.45) is 0 Å². The van der Waals surface area contributed by atoms with Crippen LogP contribution in [0.25, 0.3) is 12.2 Å². The van der Waals surface area contributed by atoms with Gasteiger partial charge in [0.25, 0.3) is 0 Å². The van der Waals surface area contributed by atoms with Gasteiger partial charge in [-0.25, -0.2) is 0 Å². The van der Waals surface area contributed by atoms with Crippen LogP contribution in [0, 0.1) is 0 Å². The lowest BCUT2D eigenvalue weighted by atomic mass is 10.1. The normalized spacial score (nSPS) is 10.8. The summed E-state index contributed by atoms with van der Waals surface area (Å²) in [6.07, 6.45) is 7.38. The van der Waals surface area contributed by atoms with Crippen LogP contribution < -0.4 is 9.47 Å². The van der Waals surface area contributed by atoms with E-state index >= 15 is 0 Å². The third-order valence-electron chi connectivity index (χ3n) is 3.28. The van der Waals surface area contributed by atoms with Crippen LogP contribution in [0.2, 0.25) is 0 Å². The van der Waals surface area contributed by atoms with E-state index in [-0.39, 0.29) is 0 Å². The Bertz CT molecular complexity index is 768. The number of nitrogens with zero attached hydrogens (tertiary/aromatic N) is 2. The first-order valence-electron chi connectivity index (χ1n) is 7.23. The Morgan fingerprint density at radius 1 is 1.09 bits per heavy atom. The molecular formula is C18H17N3O2. The van der Waals surface area contributed by atoms with Gasteiger partial charge in [-0.15, -0.1) is 0 Å². The molecule has 0 bridgehead atoms. The molecule has 1 aromatic carbocycles. The fourth-order valence-corrected chi connectivity index (χ4v) is 2.10. The van der Waals surface area contributed by atoms with Crippen molar-refractivity contribution in [2.75, 3.05) is 7.11 Å². The second-order valence-corrected chi connectivity index (χ2v) is 4.86. The van der Waals surface area contributed by atoms with E-state index in [0.29, 0.717) is 6.61 Å². The van der Waals surface area contributed by atoms with Gasteiger partial charge in [-0.3, -0.25) is 10.1 Å². The number of pyridine rings is 1. The summed E-state index contributed by atoms with van der Waals surface area (Å²) in [7, 11) is 1.64. The molecule has 0 fully saturated rings. The maximum atomic E-state index is 5.76. The van der Waals surface area contributed by atoms with E-state index in [1.54, 1.807) is 19.5 Å². The van der Waals surface area contributed by atoms with E-state index < -0.39 is 0 Å². The molecule has 0 aliphatic heterocycles. The first-order valence-corrected chi connectivity index (χ1v) is 7.23. The van der Waals surface area contributed by atoms with Crippen LogP contribution in [0.15, 0.2) is 54.9 Å². The summed E-state index contributed by atoms with van der Waals surface area (Å²) in [5.74, 6) is 1.49. The average molecular weight is 307 g/mol. The minimum Gasteiger partial charge on any atom is -0.496 e. The largest absolute Gasteiger partial charge is 0.496 e. The van der Waals surface area contributed by atoms with Crippen molar-refractivity contribution in [3.05, 3.63) is 71.8 Å². The van der Waals surface area contributed by atoms with Gasteiger partial charge in [-0.05, 0) is 42.5 Å². The number of nitrogens with one attached hydrogen (secondary N) is 1. The molecule has 0 spiro atoms. The minimum absolute atomic E-state index is 0.424. The zero-order valence-corrected chi connectivity index (χ0v) is 12.8. The SMILES string of the molecule is COc1cc(OCc2ccccn2)ccc1/C=C/c1ccn[nH]1. The molecule has 0 saturated heterocycles. The molecule has 1 N–H and O–H groups in total. The third-order valence-corrected chi connectivity index (χ3v) is 3.28. The van der Waals surface area contributed by atoms with Crippen molar-refractivity contribution < 1.29 is 9.47 Å². The molecule has 3 aromatic rings.